The van der Waals surface area contributed by atoms with Crippen molar-refractivity contribution in [1.82, 2.24) is 4.57 Å². The van der Waals surface area contributed by atoms with Crippen LogP contribution in [0, 0.1) is 12.7 Å². The van der Waals surface area contributed by atoms with Gasteiger partial charge >= 0.3 is 5.97 Å². The van der Waals surface area contributed by atoms with E-state index in [0.717, 1.165) is 33.4 Å². The van der Waals surface area contributed by atoms with Crippen molar-refractivity contribution in [3.8, 4) is 22.7 Å². The fourth-order valence-electron chi connectivity index (χ4n) is 4.59. The van der Waals surface area contributed by atoms with E-state index in [1.54, 1.807) is 29.2 Å². The van der Waals surface area contributed by atoms with Gasteiger partial charge in [0.1, 0.15) is 18.2 Å². The molecule has 4 aromatic rings. The van der Waals surface area contributed by atoms with Gasteiger partial charge in [0.25, 0.3) is 0 Å². The summed E-state index contributed by atoms with van der Waals surface area (Å²) in [5.74, 6) is -0.760. The fourth-order valence-corrected chi connectivity index (χ4v) is 4.95. The summed E-state index contributed by atoms with van der Waals surface area (Å²) in [6.45, 7) is 2.75. The zero-order chi connectivity index (χ0) is 26.1. The molecule has 188 valence electrons. The van der Waals surface area contributed by atoms with Gasteiger partial charge in [0.2, 0.25) is 5.91 Å². The van der Waals surface area contributed by atoms with Crippen LogP contribution in [-0.4, -0.2) is 28.1 Å². The molecule has 37 heavy (non-hydrogen) atoms. The Morgan fingerprint density at radius 2 is 1.78 bits per heavy atom. The third kappa shape index (κ3) is 5.15. The molecule has 0 bridgehead atoms. The van der Waals surface area contributed by atoms with Crippen molar-refractivity contribution in [1.29, 1.82) is 0 Å². The number of benzene rings is 3. The fraction of sp³-hybridized carbons (Fsp3) is 0.172. The van der Waals surface area contributed by atoms with Crippen molar-refractivity contribution < 1.29 is 23.8 Å². The van der Waals surface area contributed by atoms with Crippen molar-refractivity contribution in [2.75, 3.05) is 11.4 Å². The summed E-state index contributed by atoms with van der Waals surface area (Å²) >= 11 is 3.55. The van der Waals surface area contributed by atoms with Gasteiger partial charge in [-0.2, -0.15) is 0 Å². The summed E-state index contributed by atoms with van der Waals surface area (Å²) in [5.41, 5.74) is 4.62. The summed E-state index contributed by atoms with van der Waals surface area (Å²) in [6.07, 6.45) is 1.19. The quantitative estimate of drug-likeness (QED) is 0.270. The van der Waals surface area contributed by atoms with E-state index in [0.29, 0.717) is 30.1 Å². The monoisotopic (exact) mass is 562 g/mol. The van der Waals surface area contributed by atoms with Crippen LogP contribution < -0.4 is 9.64 Å². The molecule has 0 radical (unpaired) electrons. The number of carbonyl (C=O) groups is 2. The van der Waals surface area contributed by atoms with E-state index >= 15 is 0 Å². The topological polar surface area (TPSA) is 71.8 Å². The number of rotatable bonds is 7. The molecular formula is C29H24BrFN2O4. The summed E-state index contributed by atoms with van der Waals surface area (Å²) in [5, 5.41) is 9.81. The molecule has 1 amide bonds. The highest BCUT2D eigenvalue weighted by molar-refractivity contribution is 9.10. The van der Waals surface area contributed by atoms with Crippen LogP contribution in [0.1, 0.15) is 34.5 Å². The summed E-state index contributed by atoms with van der Waals surface area (Å²) < 4.78 is 22.3. The number of carbonyl (C=O) groups excluding carboxylic acids is 1. The van der Waals surface area contributed by atoms with Gasteiger partial charge in [0.05, 0.1) is 11.3 Å². The number of hydrogen-bond donors (Lipinski definition) is 1. The normalized spacial score (nSPS) is 13.3. The number of amides is 1. The van der Waals surface area contributed by atoms with E-state index in [1.165, 1.54) is 12.1 Å². The van der Waals surface area contributed by atoms with Crippen molar-refractivity contribution in [2.24, 2.45) is 0 Å². The molecule has 1 aliphatic heterocycles. The minimum Gasteiger partial charge on any atom is -0.488 e. The molecule has 5 rings (SSSR count). The van der Waals surface area contributed by atoms with Crippen LogP contribution in [0.15, 0.2) is 77.3 Å². The maximum atomic E-state index is 13.3. The van der Waals surface area contributed by atoms with Gasteiger partial charge in [-0.25, -0.2) is 9.18 Å². The van der Waals surface area contributed by atoms with E-state index in [2.05, 4.69) is 15.9 Å². The molecular weight excluding hydrogens is 539 g/mol. The first-order valence-corrected chi connectivity index (χ1v) is 12.6. The number of carboxylic acid groups (broad SMARTS) is 1. The second-order valence-corrected chi connectivity index (χ2v) is 9.86. The number of aromatic carboxylic acids is 1. The average molecular weight is 563 g/mol. The maximum absolute atomic E-state index is 13.3. The maximum Gasteiger partial charge on any atom is 0.335 e. The number of aryl methyl sites for hydroxylation is 1. The molecule has 3 aromatic carbocycles. The highest BCUT2D eigenvalue weighted by Gasteiger charge is 2.24. The Labute approximate surface area is 222 Å². The largest absolute Gasteiger partial charge is 0.488 e. The second-order valence-electron chi connectivity index (χ2n) is 8.94. The molecule has 8 heteroatoms. The van der Waals surface area contributed by atoms with Crippen LogP contribution in [0.2, 0.25) is 0 Å². The van der Waals surface area contributed by atoms with Gasteiger partial charge in [-0.1, -0.05) is 28.1 Å². The molecule has 1 N–H and O–H groups in total. The summed E-state index contributed by atoms with van der Waals surface area (Å²) in [7, 11) is 0. The Morgan fingerprint density at radius 3 is 2.49 bits per heavy atom. The third-order valence-corrected chi connectivity index (χ3v) is 6.89. The van der Waals surface area contributed by atoms with Crippen molar-refractivity contribution in [3.05, 3.63) is 99.9 Å². The van der Waals surface area contributed by atoms with Crippen LogP contribution in [0.25, 0.3) is 16.9 Å². The van der Waals surface area contributed by atoms with Gasteiger partial charge in [-0.05, 0) is 79.6 Å². The molecule has 2 heterocycles. The number of anilines is 1. The number of carboxylic acids is 1. The highest BCUT2D eigenvalue weighted by atomic mass is 79.9. The lowest BCUT2D eigenvalue weighted by Crippen LogP contribution is -2.24. The van der Waals surface area contributed by atoms with E-state index < -0.39 is 5.97 Å². The van der Waals surface area contributed by atoms with E-state index in [1.807, 2.05) is 47.9 Å². The average Bonchev–Trinajstić information content (AvgIpc) is 3.49. The van der Waals surface area contributed by atoms with Gasteiger partial charge in [-0.15, -0.1) is 0 Å². The lowest BCUT2D eigenvalue weighted by molar-refractivity contribution is -0.117. The predicted molar refractivity (Wildman–Crippen MR) is 143 cm³/mol. The van der Waals surface area contributed by atoms with Gasteiger partial charge in [0, 0.05) is 40.1 Å². The molecule has 0 spiro atoms. The Kier molecular flexibility index (Phi) is 6.84. The first-order valence-electron chi connectivity index (χ1n) is 11.8. The summed E-state index contributed by atoms with van der Waals surface area (Å²) in [6, 6.07) is 20.7. The zero-order valence-corrected chi connectivity index (χ0v) is 21.7. The SMILES string of the molecule is Cc1ccc(-c2cc(Br)ccc2OCc2ccc(F)cc2)n1-c1cc(C(=O)O)cc(N2CCCC2=O)c1. The number of hydrogen-bond acceptors (Lipinski definition) is 3. The first kappa shape index (κ1) is 24.8. The Hall–Kier alpha value is -3.91. The van der Waals surface area contributed by atoms with E-state index in [4.69, 9.17) is 4.74 Å². The predicted octanol–water partition coefficient (Wildman–Crippen LogP) is 6.76. The zero-order valence-electron chi connectivity index (χ0n) is 20.1. The smallest absolute Gasteiger partial charge is 0.335 e. The van der Waals surface area contributed by atoms with Crippen molar-refractivity contribution >= 4 is 33.5 Å². The molecule has 0 unspecified atom stereocenters. The lowest BCUT2D eigenvalue weighted by atomic mass is 10.1. The number of aromatic nitrogens is 1. The van der Waals surface area contributed by atoms with E-state index in [9.17, 15) is 19.1 Å². The molecule has 6 nitrogen and oxygen atoms in total. The molecule has 0 atom stereocenters. The molecule has 0 aliphatic carbocycles. The third-order valence-electron chi connectivity index (χ3n) is 6.39. The molecule has 1 saturated heterocycles. The first-order chi connectivity index (χ1) is 17.8. The van der Waals surface area contributed by atoms with Gasteiger partial charge in [-0.3, -0.25) is 4.79 Å². The molecule has 0 saturated carbocycles. The standard InChI is InChI=1S/C29H24BrFN2O4/c1-18-4-10-26(25-15-21(30)7-11-27(25)37-17-19-5-8-22(31)9-6-19)33(18)24-14-20(29(35)36)13-23(16-24)32-12-2-3-28(32)34/h4-11,13-16H,2-3,12,17H2,1H3,(H,35,36). The second kappa shape index (κ2) is 10.2. The minimum absolute atomic E-state index is 0.0126. The lowest BCUT2D eigenvalue weighted by Gasteiger charge is -2.20. The van der Waals surface area contributed by atoms with Crippen molar-refractivity contribution in [3.63, 3.8) is 0 Å². The van der Waals surface area contributed by atoms with Crippen LogP contribution >= 0.6 is 15.9 Å². The van der Waals surface area contributed by atoms with Crippen LogP contribution in [0.4, 0.5) is 10.1 Å². The Morgan fingerprint density at radius 1 is 1.03 bits per heavy atom. The summed E-state index contributed by atoms with van der Waals surface area (Å²) in [4.78, 5) is 26.1. The van der Waals surface area contributed by atoms with Crippen LogP contribution in [0.3, 0.4) is 0 Å². The Bertz CT molecular complexity index is 1500. The molecule has 1 aromatic heterocycles. The number of nitrogens with zero attached hydrogens (tertiary/aromatic N) is 2. The molecule has 1 aliphatic rings. The van der Waals surface area contributed by atoms with Crippen LogP contribution in [0.5, 0.6) is 5.75 Å². The van der Waals surface area contributed by atoms with E-state index in [-0.39, 0.29) is 23.9 Å². The number of ether oxygens (including phenoxy) is 1. The highest BCUT2D eigenvalue weighted by Crippen LogP contribution is 2.37. The van der Waals surface area contributed by atoms with Gasteiger partial charge in [0.15, 0.2) is 0 Å². The molecule has 1 fully saturated rings. The van der Waals surface area contributed by atoms with Crippen molar-refractivity contribution in [2.45, 2.75) is 26.4 Å². The van der Waals surface area contributed by atoms with Crippen LogP contribution in [-0.2, 0) is 11.4 Å². The minimum atomic E-state index is -1.06. The van der Waals surface area contributed by atoms with Gasteiger partial charge < -0.3 is 19.3 Å². The number of halogens is 2. The Balaban J connectivity index is 1.59.